The predicted octanol–water partition coefficient (Wildman–Crippen LogP) is 3.51. The van der Waals surface area contributed by atoms with Crippen LogP contribution < -0.4 is 5.32 Å². The van der Waals surface area contributed by atoms with E-state index >= 15 is 0 Å². The van der Waals surface area contributed by atoms with Crippen LogP contribution in [0, 0.1) is 0 Å². The second kappa shape index (κ2) is 7.63. The van der Waals surface area contributed by atoms with E-state index in [-0.39, 0.29) is 11.9 Å². The van der Waals surface area contributed by atoms with E-state index in [1.807, 2.05) is 66.4 Å². The molecule has 0 saturated carbocycles. The van der Waals surface area contributed by atoms with Crippen LogP contribution in [0.25, 0.3) is 11.4 Å². The Balaban J connectivity index is 1.59. The number of carbonyl (C=O) groups is 1. The molecule has 1 amide bonds. The number of hydrogen-bond donors (Lipinski definition) is 1. The average Bonchev–Trinajstić information content (AvgIpc) is 3.24. The maximum Gasteiger partial charge on any atom is 0.230 e. The van der Waals surface area contributed by atoms with Gasteiger partial charge < -0.3 is 9.88 Å². The molecule has 7 heteroatoms. The number of benzene rings is 1. The minimum Gasteiger partial charge on any atom is -0.348 e. The number of thioether (sulfide) groups is 1. The van der Waals surface area contributed by atoms with Crippen LogP contribution in [0.4, 0.5) is 0 Å². The SMILES string of the molecule is C[C@H](NC(=O)CSc1nnc(-c2ccccc2)n1C)c1cccs1. The van der Waals surface area contributed by atoms with Crippen molar-refractivity contribution in [3.8, 4) is 11.4 Å². The molecule has 0 spiro atoms. The van der Waals surface area contributed by atoms with Gasteiger partial charge in [-0.15, -0.1) is 21.5 Å². The summed E-state index contributed by atoms with van der Waals surface area (Å²) in [6.07, 6.45) is 0. The topological polar surface area (TPSA) is 59.8 Å². The summed E-state index contributed by atoms with van der Waals surface area (Å²) < 4.78 is 1.91. The summed E-state index contributed by atoms with van der Waals surface area (Å²) in [5, 5.41) is 14.2. The van der Waals surface area contributed by atoms with Gasteiger partial charge in [-0.1, -0.05) is 48.2 Å². The maximum atomic E-state index is 12.1. The largest absolute Gasteiger partial charge is 0.348 e. The number of thiophene rings is 1. The number of nitrogens with one attached hydrogen (secondary N) is 1. The fourth-order valence-electron chi connectivity index (χ4n) is 2.30. The smallest absolute Gasteiger partial charge is 0.230 e. The summed E-state index contributed by atoms with van der Waals surface area (Å²) >= 11 is 3.03. The third-order valence-electron chi connectivity index (χ3n) is 3.55. The fourth-order valence-corrected chi connectivity index (χ4v) is 3.76. The Bertz CT molecular complexity index is 799. The summed E-state index contributed by atoms with van der Waals surface area (Å²) in [5.41, 5.74) is 1.01. The number of carbonyl (C=O) groups excluding carboxylic acids is 1. The minimum atomic E-state index is -0.00911. The van der Waals surface area contributed by atoms with Gasteiger partial charge >= 0.3 is 0 Å². The summed E-state index contributed by atoms with van der Waals surface area (Å²) in [6.45, 7) is 1.99. The first-order valence-corrected chi connectivity index (χ1v) is 9.42. The van der Waals surface area contributed by atoms with Crippen LogP contribution in [0.2, 0.25) is 0 Å². The number of rotatable bonds is 6. The van der Waals surface area contributed by atoms with E-state index in [4.69, 9.17) is 0 Å². The molecule has 1 N–H and O–H groups in total. The van der Waals surface area contributed by atoms with Gasteiger partial charge in [0.25, 0.3) is 0 Å². The van der Waals surface area contributed by atoms with Crippen LogP contribution in [0.1, 0.15) is 17.8 Å². The molecule has 0 saturated heterocycles. The first kappa shape index (κ1) is 16.7. The molecule has 0 radical (unpaired) electrons. The average molecular weight is 358 g/mol. The molecule has 2 aromatic heterocycles. The van der Waals surface area contributed by atoms with Gasteiger partial charge in [-0.2, -0.15) is 0 Å². The van der Waals surface area contributed by atoms with Gasteiger partial charge in [0.15, 0.2) is 11.0 Å². The zero-order valence-corrected chi connectivity index (χ0v) is 15.1. The number of aromatic nitrogens is 3. The number of nitrogens with zero attached hydrogens (tertiary/aromatic N) is 3. The highest BCUT2D eigenvalue weighted by atomic mass is 32.2. The molecule has 1 aromatic carbocycles. The van der Waals surface area contributed by atoms with E-state index in [1.165, 1.54) is 11.8 Å². The zero-order valence-electron chi connectivity index (χ0n) is 13.5. The highest BCUT2D eigenvalue weighted by Crippen LogP contribution is 2.23. The second-order valence-electron chi connectivity index (χ2n) is 5.32. The molecule has 0 bridgehead atoms. The monoisotopic (exact) mass is 358 g/mol. The Morgan fingerprint density at radius 2 is 2.04 bits per heavy atom. The first-order valence-electron chi connectivity index (χ1n) is 7.55. The molecular formula is C17H18N4OS2. The van der Waals surface area contributed by atoms with E-state index < -0.39 is 0 Å². The van der Waals surface area contributed by atoms with Crippen molar-refractivity contribution in [2.45, 2.75) is 18.1 Å². The van der Waals surface area contributed by atoms with E-state index in [2.05, 4.69) is 15.5 Å². The highest BCUT2D eigenvalue weighted by Gasteiger charge is 2.14. The molecule has 124 valence electrons. The third-order valence-corrected chi connectivity index (χ3v) is 5.62. The lowest BCUT2D eigenvalue weighted by Crippen LogP contribution is -2.27. The summed E-state index contributed by atoms with van der Waals surface area (Å²) in [6, 6.07) is 13.9. The lowest BCUT2D eigenvalue weighted by Gasteiger charge is -2.11. The molecule has 0 aliphatic heterocycles. The molecule has 24 heavy (non-hydrogen) atoms. The van der Waals surface area contributed by atoms with Gasteiger partial charge in [-0.25, -0.2) is 0 Å². The van der Waals surface area contributed by atoms with Crippen LogP contribution in [0.3, 0.4) is 0 Å². The van der Waals surface area contributed by atoms with Gasteiger partial charge in [0.05, 0.1) is 11.8 Å². The van der Waals surface area contributed by atoms with Crippen LogP contribution >= 0.6 is 23.1 Å². The lowest BCUT2D eigenvalue weighted by molar-refractivity contribution is -0.119. The van der Waals surface area contributed by atoms with E-state index in [9.17, 15) is 4.79 Å². The Kier molecular flexibility index (Phi) is 5.32. The molecule has 0 unspecified atom stereocenters. The molecular weight excluding hydrogens is 340 g/mol. The molecule has 3 aromatic rings. The van der Waals surface area contributed by atoms with Crippen molar-refractivity contribution in [3.05, 3.63) is 52.7 Å². The fraction of sp³-hybridized carbons (Fsp3) is 0.235. The van der Waals surface area contributed by atoms with Gasteiger partial charge in [-0.05, 0) is 18.4 Å². The van der Waals surface area contributed by atoms with Crippen molar-refractivity contribution < 1.29 is 4.79 Å². The highest BCUT2D eigenvalue weighted by molar-refractivity contribution is 7.99. The quantitative estimate of drug-likeness (QED) is 0.685. The Morgan fingerprint density at radius 1 is 1.25 bits per heavy atom. The Hall–Kier alpha value is -2.12. The zero-order chi connectivity index (χ0) is 16.9. The molecule has 2 heterocycles. The predicted molar refractivity (Wildman–Crippen MR) is 98.0 cm³/mol. The first-order chi connectivity index (χ1) is 11.6. The minimum absolute atomic E-state index is 0.00911. The van der Waals surface area contributed by atoms with E-state index in [0.29, 0.717) is 5.75 Å². The van der Waals surface area contributed by atoms with Gasteiger partial charge in [0.2, 0.25) is 5.91 Å². The molecule has 0 aliphatic rings. The number of hydrogen-bond acceptors (Lipinski definition) is 5. The second-order valence-corrected chi connectivity index (χ2v) is 7.25. The maximum absolute atomic E-state index is 12.1. The van der Waals surface area contributed by atoms with Gasteiger partial charge in [-0.3, -0.25) is 4.79 Å². The standard InChI is InChI=1S/C17H18N4OS2/c1-12(14-9-6-10-23-14)18-15(22)11-24-17-20-19-16(21(17)2)13-7-4-3-5-8-13/h3-10,12H,11H2,1-2H3,(H,18,22)/t12-/m0/s1. The van der Waals surface area contributed by atoms with Crippen molar-refractivity contribution in [2.75, 3.05) is 5.75 Å². The Morgan fingerprint density at radius 3 is 2.75 bits per heavy atom. The van der Waals surface area contributed by atoms with Crippen molar-refractivity contribution in [3.63, 3.8) is 0 Å². The molecule has 5 nitrogen and oxygen atoms in total. The van der Waals surface area contributed by atoms with Gasteiger partial charge in [0, 0.05) is 17.5 Å². The van der Waals surface area contributed by atoms with Crippen molar-refractivity contribution in [1.29, 1.82) is 0 Å². The summed E-state index contributed by atoms with van der Waals surface area (Å²) in [5.74, 6) is 1.10. The normalized spacial score (nSPS) is 12.1. The molecule has 3 rings (SSSR count). The van der Waals surface area contributed by atoms with E-state index in [1.54, 1.807) is 11.3 Å². The van der Waals surface area contributed by atoms with Crippen LogP contribution in [-0.2, 0) is 11.8 Å². The summed E-state index contributed by atoms with van der Waals surface area (Å²) in [4.78, 5) is 13.3. The number of amides is 1. The van der Waals surface area contributed by atoms with Crippen LogP contribution in [0.15, 0.2) is 53.0 Å². The lowest BCUT2D eigenvalue weighted by atomic mass is 10.2. The molecule has 0 fully saturated rings. The summed E-state index contributed by atoms with van der Waals surface area (Å²) in [7, 11) is 1.91. The molecule has 0 aliphatic carbocycles. The van der Waals surface area contributed by atoms with Gasteiger partial charge in [0.1, 0.15) is 0 Å². The van der Waals surface area contributed by atoms with Crippen molar-refractivity contribution in [1.82, 2.24) is 20.1 Å². The molecule has 1 atom stereocenters. The van der Waals surface area contributed by atoms with Crippen molar-refractivity contribution in [2.24, 2.45) is 7.05 Å². The van der Waals surface area contributed by atoms with Crippen molar-refractivity contribution >= 4 is 29.0 Å². The van der Waals surface area contributed by atoms with E-state index in [0.717, 1.165) is 21.4 Å². The van der Waals surface area contributed by atoms with Crippen LogP contribution in [0.5, 0.6) is 0 Å². The van der Waals surface area contributed by atoms with Crippen LogP contribution in [-0.4, -0.2) is 26.4 Å². The third kappa shape index (κ3) is 3.85. The Labute approximate surface area is 149 Å².